The number of nitrogens with one attached hydrogen (secondary N) is 2. The zero-order chi connectivity index (χ0) is 17.1. The highest BCUT2D eigenvalue weighted by Gasteiger charge is 2.17. The van der Waals surface area contributed by atoms with Crippen molar-refractivity contribution in [2.24, 2.45) is 0 Å². The fraction of sp³-hybridized carbons (Fsp3) is 0.176. The molecule has 3 rings (SSSR count). The van der Waals surface area contributed by atoms with E-state index < -0.39 is 4.92 Å². The van der Waals surface area contributed by atoms with E-state index in [4.69, 9.17) is 0 Å². The standard InChI is InChI=1S/C17H15N3O4/c21-16-8-6-11-9-12(5-7-14(11)19-16)17(22)18-10-13-3-1-2-4-15(13)20(23)24/h1-5,7,9H,6,8,10H2,(H,18,22)(H,19,21). The number of benzene rings is 2. The lowest BCUT2D eigenvalue weighted by Crippen LogP contribution is -2.24. The number of nitro groups is 1. The van der Waals surface area contributed by atoms with Crippen LogP contribution in [-0.4, -0.2) is 16.7 Å². The van der Waals surface area contributed by atoms with Gasteiger partial charge in [-0.05, 0) is 30.2 Å². The molecule has 1 aliphatic rings. The lowest BCUT2D eigenvalue weighted by atomic mass is 10.00. The van der Waals surface area contributed by atoms with E-state index in [-0.39, 0.29) is 24.0 Å². The lowest BCUT2D eigenvalue weighted by Gasteiger charge is -2.17. The van der Waals surface area contributed by atoms with Crippen molar-refractivity contribution in [2.45, 2.75) is 19.4 Å². The molecule has 0 radical (unpaired) electrons. The average Bonchev–Trinajstić information content (AvgIpc) is 2.59. The van der Waals surface area contributed by atoms with Crippen LogP contribution in [0, 0.1) is 10.1 Å². The van der Waals surface area contributed by atoms with Gasteiger partial charge in [-0.2, -0.15) is 0 Å². The van der Waals surface area contributed by atoms with E-state index in [9.17, 15) is 19.7 Å². The van der Waals surface area contributed by atoms with Gasteiger partial charge in [0.05, 0.1) is 4.92 Å². The van der Waals surface area contributed by atoms with Crippen LogP contribution >= 0.6 is 0 Å². The lowest BCUT2D eigenvalue weighted by molar-refractivity contribution is -0.385. The number of amides is 2. The number of hydrogen-bond acceptors (Lipinski definition) is 4. The van der Waals surface area contributed by atoms with Crippen LogP contribution < -0.4 is 10.6 Å². The Morgan fingerprint density at radius 1 is 1.21 bits per heavy atom. The van der Waals surface area contributed by atoms with Crippen LogP contribution in [0.3, 0.4) is 0 Å². The molecule has 0 fully saturated rings. The van der Waals surface area contributed by atoms with Crippen LogP contribution in [0.1, 0.15) is 27.9 Å². The summed E-state index contributed by atoms with van der Waals surface area (Å²) < 4.78 is 0. The van der Waals surface area contributed by atoms with Crippen LogP contribution in [0.25, 0.3) is 0 Å². The van der Waals surface area contributed by atoms with Crippen molar-refractivity contribution >= 4 is 23.2 Å². The third-order valence-electron chi connectivity index (χ3n) is 3.89. The minimum absolute atomic E-state index is 0.0223. The van der Waals surface area contributed by atoms with Crippen molar-refractivity contribution < 1.29 is 14.5 Å². The van der Waals surface area contributed by atoms with E-state index in [2.05, 4.69) is 10.6 Å². The molecule has 122 valence electrons. The van der Waals surface area contributed by atoms with Gasteiger partial charge in [-0.25, -0.2) is 0 Å². The molecular weight excluding hydrogens is 310 g/mol. The third kappa shape index (κ3) is 3.24. The minimum Gasteiger partial charge on any atom is -0.348 e. The van der Waals surface area contributed by atoms with Crippen LogP contribution in [0.4, 0.5) is 11.4 Å². The van der Waals surface area contributed by atoms with Gasteiger partial charge in [0.1, 0.15) is 0 Å². The van der Waals surface area contributed by atoms with E-state index in [1.165, 1.54) is 6.07 Å². The first-order valence-electron chi connectivity index (χ1n) is 7.48. The summed E-state index contributed by atoms with van der Waals surface area (Å²) in [7, 11) is 0. The minimum atomic E-state index is -0.469. The number of aryl methyl sites for hydroxylation is 1. The molecule has 2 amide bonds. The smallest absolute Gasteiger partial charge is 0.274 e. The summed E-state index contributed by atoms with van der Waals surface area (Å²) in [5.74, 6) is -0.344. The van der Waals surface area contributed by atoms with Gasteiger partial charge < -0.3 is 10.6 Å². The summed E-state index contributed by atoms with van der Waals surface area (Å²) in [4.78, 5) is 34.1. The van der Waals surface area contributed by atoms with E-state index in [1.54, 1.807) is 36.4 Å². The maximum atomic E-state index is 12.3. The molecular formula is C17H15N3O4. The second-order valence-electron chi connectivity index (χ2n) is 5.49. The summed E-state index contributed by atoms with van der Waals surface area (Å²) in [6.45, 7) is 0.0732. The molecule has 2 aromatic carbocycles. The molecule has 2 aromatic rings. The fourth-order valence-corrected chi connectivity index (χ4v) is 2.64. The molecule has 0 aromatic heterocycles. The second kappa shape index (κ2) is 6.49. The highest BCUT2D eigenvalue weighted by atomic mass is 16.6. The molecule has 7 heteroatoms. The first-order valence-corrected chi connectivity index (χ1v) is 7.48. The second-order valence-corrected chi connectivity index (χ2v) is 5.49. The highest BCUT2D eigenvalue weighted by molar-refractivity contribution is 5.97. The van der Waals surface area contributed by atoms with Gasteiger partial charge in [0.25, 0.3) is 11.6 Å². The number of rotatable bonds is 4. The van der Waals surface area contributed by atoms with Crippen molar-refractivity contribution in [3.63, 3.8) is 0 Å². The van der Waals surface area contributed by atoms with E-state index in [0.717, 1.165) is 11.3 Å². The SMILES string of the molecule is O=C1CCc2cc(C(=O)NCc3ccccc3[N+](=O)[O-])ccc2N1. The number of nitrogens with zero attached hydrogens (tertiary/aromatic N) is 1. The largest absolute Gasteiger partial charge is 0.348 e. The number of carbonyl (C=O) groups excluding carboxylic acids is 2. The number of hydrogen-bond donors (Lipinski definition) is 2. The first kappa shape index (κ1) is 15.7. The van der Waals surface area contributed by atoms with Gasteiger partial charge in [-0.3, -0.25) is 19.7 Å². The molecule has 0 aliphatic carbocycles. The maximum Gasteiger partial charge on any atom is 0.274 e. The van der Waals surface area contributed by atoms with Crippen molar-refractivity contribution in [1.82, 2.24) is 5.32 Å². The van der Waals surface area contributed by atoms with Crippen molar-refractivity contribution in [1.29, 1.82) is 0 Å². The first-order chi connectivity index (χ1) is 11.5. The van der Waals surface area contributed by atoms with Gasteiger partial charge in [0, 0.05) is 35.8 Å². The van der Waals surface area contributed by atoms with Crippen molar-refractivity contribution in [3.05, 3.63) is 69.3 Å². The summed E-state index contributed by atoms with van der Waals surface area (Å²) >= 11 is 0. The van der Waals surface area contributed by atoms with Crippen LogP contribution in [0.15, 0.2) is 42.5 Å². The molecule has 1 heterocycles. The maximum absolute atomic E-state index is 12.3. The Labute approximate surface area is 137 Å². The van der Waals surface area contributed by atoms with Crippen LogP contribution in [0.2, 0.25) is 0 Å². The summed E-state index contributed by atoms with van der Waals surface area (Å²) in [6.07, 6.45) is 0.987. The molecule has 0 saturated heterocycles. The Bertz CT molecular complexity index is 832. The quantitative estimate of drug-likeness (QED) is 0.665. The zero-order valence-electron chi connectivity index (χ0n) is 12.7. The van der Waals surface area contributed by atoms with Crippen LogP contribution in [-0.2, 0) is 17.8 Å². The van der Waals surface area contributed by atoms with Crippen LogP contribution in [0.5, 0.6) is 0 Å². The fourth-order valence-electron chi connectivity index (χ4n) is 2.64. The Kier molecular flexibility index (Phi) is 4.24. The molecule has 0 atom stereocenters. The summed E-state index contributed by atoms with van der Waals surface area (Å²) in [5.41, 5.74) is 2.52. The average molecular weight is 325 g/mol. The predicted molar refractivity (Wildman–Crippen MR) is 87.7 cm³/mol. The molecule has 2 N–H and O–H groups in total. The van der Waals surface area contributed by atoms with Gasteiger partial charge in [-0.1, -0.05) is 18.2 Å². The number of nitro benzene ring substituents is 1. The molecule has 24 heavy (non-hydrogen) atoms. The van der Waals surface area contributed by atoms with Crippen molar-refractivity contribution in [2.75, 3.05) is 5.32 Å². The predicted octanol–water partition coefficient (Wildman–Crippen LogP) is 2.41. The molecule has 0 bridgehead atoms. The van der Waals surface area contributed by atoms with Gasteiger partial charge >= 0.3 is 0 Å². The monoisotopic (exact) mass is 325 g/mol. The summed E-state index contributed by atoms with van der Waals surface area (Å²) in [6, 6.07) is 11.4. The molecule has 0 unspecified atom stereocenters. The van der Waals surface area contributed by atoms with E-state index in [1.807, 2.05) is 0 Å². The number of carbonyl (C=O) groups is 2. The highest BCUT2D eigenvalue weighted by Crippen LogP contribution is 2.23. The molecule has 0 saturated carbocycles. The molecule has 7 nitrogen and oxygen atoms in total. The van der Waals surface area contributed by atoms with E-state index >= 15 is 0 Å². The van der Waals surface area contributed by atoms with Gasteiger partial charge in [0.15, 0.2) is 0 Å². The number of fused-ring (bicyclic) bond motifs is 1. The third-order valence-corrected chi connectivity index (χ3v) is 3.89. The zero-order valence-corrected chi connectivity index (χ0v) is 12.7. The van der Waals surface area contributed by atoms with Gasteiger partial charge in [0.2, 0.25) is 5.91 Å². The topological polar surface area (TPSA) is 101 Å². The Morgan fingerprint density at radius 3 is 2.79 bits per heavy atom. The molecule has 1 aliphatic heterocycles. The Balaban J connectivity index is 1.72. The Morgan fingerprint density at radius 2 is 2.00 bits per heavy atom. The Hall–Kier alpha value is -3.22. The van der Waals surface area contributed by atoms with Gasteiger partial charge in [-0.15, -0.1) is 0 Å². The summed E-state index contributed by atoms with van der Waals surface area (Å²) in [5, 5.41) is 16.4. The molecule has 0 spiro atoms. The van der Waals surface area contributed by atoms with Crippen molar-refractivity contribution in [3.8, 4) is 0 Å². The number of para-hydroxylation sites is 1. The van der Waals surface area contributed by atoms with E-state index in [0.29, 0.717) is 24.0 Å². The number of anilines is 1. The normalized spacial score (nSPS) is 12.9.